The van der Waals surface area contributed by atoms with Crippen molar-refractivity contribution in [1.29, 1.82) is 5.26 Å². The number of fused-ring (bicyclic) bond motifs is 1. The molecule has 0 saturated carbocycles. The number of hydrogen-bond donors (Lipinski definition) is 3. The van der Waals surface area contributed by atoms with Crippen molar-refractivity contribution in [3.63, 3.8) is 0 Å². The Labute approximate surface area is 300 Å². The first-order valence-electron chi connectivity index (χ1n) is 17.0. The lowest BCUT2D eigenvalue weighted by Gasteiger charge is -2.41. The lowest BCUT2D eigenvalue weighted by molar-refractivity contribution is -0.134. The molecule has 3 amide bonds. The predicted molar refractivity (Wildman–Crippen MR) is 195 cm³/mol. The smallest absolute Gasteiger partial charge is 0.322 e. The van der Waals surface area contributed by atoms with E-state index >= 15 is 0 Å². The lowest BCUT2D eigenvalue weighted by Crippen LogP contribution is -2.53. The van der Waals surface area contributed by atoms with E-state index in [1.165, 1.54) is 12.8 Å². The fourth-order valence-electron chi connectivity index (χ4n) is 7.77. The van der Waals surface area contributed by atoms with Gasteiger partial charge in [-0.25, -0.2) is 9.79 Å². The molecule has 3 fully saturated rings. The molecule has 1 atom stereocenters. The van der Waals surface area contributed by atoms with Crippen molar-refractivity contribution in [2.75, 3.05) is 57.4 Å². The van der Waals surface area contributed by atoms with Crippen molar-refractivity contribution in [3.05, 3.63) is 56.5 Å². The van der Waals surface area contributed by atoms with Crippen LogP contribution in [0.5, 0.6) is 0 Å². The van der Waals surface area contributed by atoms with E-state index in [1.807, 2.05) is 51.1 Å². The standard InChI is InChI=1S/C35H45Br2N9O2/c1-43-12-6-24(7-13-43)25-8-14-44(15-9-25)33(47)31(20-23-18-28(36)32(39)29(37)19-23)41-34(40-22-38)45-16-10-27(11-17-45)46-21-26-4-2-3-5-30(26)42-35(46)48/h2-5,18-19,24-25,27,31H,6-17,20-21,39H2,1H3,(H,40,41)(H,42,48)/t31-/m0/s1. The van der Waals surface area contributed by atoms with E-state index < -0.39 is 6.04 Å². The van der Waals surface area contributed by atoms with Crippen LogP contribution in [-0.2, 0) is 17.8 Å². The van der Waals surface area contributed by atoms with Crippen molar-refractivity contribution >= 4 is 61.1 Å². The highest BCUT2D eigenvalue weighted by Gasteiger charge is 2.35. The van der Waals surface area contributed by atoms with Gasteiger partial charge in [0.2, 0.25) is 11.9 Å². The molecule has 2 aromatic rings. The number of nitrogen functional groups attached to an aromatic ring is 1. The van der Waals surface area contributed by atoms with E-state index in [4.69, 9.17) is 10.7 Å². The highest BCUT2D eigenvalue weighted by Crippen LogP contribution is 2.34. The van der Waals surface area contributed by atoms with Crippen LogP contribution >= 0.6 is 31.9 Å². The number of nitrogens with two attached hydrogens (primary N) is 1. The molecule has 48 heavy (non-hydrogen) atoms. The minimum Gasteiger partial charge on any atom is -0.397 e. The molecule has 0 bridgehead atoms. The second kappa shape index (κ2) is 15.5. The van der Waals surface area contributed by atoms with Crippen molar-refractivity contribution in [2.24, 2.45) is 16.8 Å². The van der Waals surface area contributed by atoms with Crippen LogP contribution in [0.1, 0.15) is 49.7 Å². The summed E-state index contributed by atoms with van der Waals surface area (Å²) in [5.41, 5.74) is 9.66. The number of para-hydroxylation sites is 1. The number of hydrogen-bond acceptors (Lipinski definition) is 6. The molecule has 0 aliphatic carbocycles. The summed E-state index contributed by atoms with van der Waals surface area (Å²) in [5, 5.41) is 15.6. The zero-order valence-electron chi connectivity index (χ0n) is 27.5. The lowest BCUT2D eigenvalue weighted by atomic mass is 9.79. The SMILES string of the molecule is CN1CCC(C2CCN(C(=O)[C@H](Cc3cc(Br)c(N)c(Br)c3)N=C(NC#N)N3CCC(N4Cc5ccccc5NC4=O)CC3)CC2)CC1. The average molecular weight is 784 g/mol. The van der Waals surface area contributed by atoms with Crippen LogP contribution in [0.4, 0.5) is 16.2 Å². The van der Waals surface area contributed by atoms with Gasteiger partial charge in [0.25, 0.3) is 0 Å². The Morgan fingerprint density at radius 1 is 1.00 bits per heavy atom. The first-order valence-corrected chi connectivity index (χ1v) is 18.6. The van der Waals surface area contributed by atoms with Gasteiger partial charge in [-0.05, 0) is 132 Å². The summed E-state index contributed by atoms with van der Waals surface area (Å²) in [6.45, 7) is 5.53. The van der Waals surface area contributed by atoms with Crippen LogP contribution in [0.15, 0.2) is 50.3 Å². The normalized spacial score (nSPS) is 21.0. The Morgan fingerprint density at radius 3 is 2.25 bits per heavy atom. The number of carbonyl (C=O) groups excluding carboxylic acids is 2. The highest BCUT2D eigenvalue weighted by molar-refractivity contribution is 9.11. The van der Waals surface area contributed by atoms with E-state index in [2.05, 4.69) is 60.6 Å². The van der Waals surface area contributed by atoms with Crippen LogP contribution in [0.25, 0.3) is 0 Å². The monoisotopic (exact) mass is 781 g/mol. The third kappa shape index (κ3) is 7.92. The van der Waals surface area contributed by atoms with Crippen molar-refractivity contribution in [2.45, 2.75) is 63.6 Å². The van der Waals surface area contributed by atoms with E-state index in [0.29, 0.717) is 43.6 Å². The molecule has 11 nitrogen and oxygen atoms in total. The summed E-state index contributed by atoms with van der Waals surface area (Å²) in [5.74, 6) is 1.77. The van der Waals surface area contributed by atoms with Gasteiger partial charge in [0.15, 0.2) is 6.19 Å². The van der Waals surface area contributed by atoms with Crippen LogP contribution in [0.2, 0.25) is 0 Å². The van der Waals surface area contributed by atoms with Crippen molar-refractivity contribution in [3.8, 4) is 6.19 Å². The number of anilines is 2. The van der Waals surface area contributed by atoms with Gasteiger partial charge in [0, 0.05) is 59.8 Å². The van der Waals surface area contributed by atoms with E-state index in [1.54, 1.807) is 0 Å². The molecule has 4 aliphatic rings. The molecule has 3 saturated heterocycles. The second-order valence-corrected chi connectivity index (χ2v) is 15.3. The van der Waals surface area contributed by atoms with Gasteiger partial charge in [0.05, 0.1) is 5.69 Å². The number of carbonyl (C=O) groups is 2. The third-order valence-electron chi connectivity index (χ3n) is 10.6. The van der Waals surface area contributed by atoms with Gasteiger partial charge >= 0.3 is 6.03 Å². The first kappa shape index (κ1) is 34.5. The second-order valence-electron chi connectivity index (χ2n) is 13.6. The van der Waals surface area contributed by atoms with Gasteiger partial charge in [-0.1, -0.05) is 18.2 Å². The quantitative estimate of drug-likeness (QED) is 0.120. The number of likely N-dealkylation sites (tertiary alicyclic amines) is 3. The Bertz CT molecular complexity index is 1530. The number of urea groups is 1. The number of guanidine groups is 1. The molecule has 4 aliphatic heterocycles. The molecule has 4 heterocycles. The molecule has 0 spiro atoms. The number of aliphatic imine (C=N–C) groups is 1. The number of piperidine rings is 3. The van der Waals surface area contributed by atoms with Gasteiger partial charge in [-0.2, -0.15) is 5.26 Å². The zero-order chi connectivity index (χ0) is 33.8. The molecule has 13 heteroatoms. The molecule has 0 aromatic heterocycles. The zero-order valence-corrected chi connectivity index (χ0v) is 30.7. The Kier molecular flexibility index (Phi) is 11.1. The molecule has 256 valence electrons. The van der Waals surface area contributed by atoms with E-state index in [-0.39, 0.29) is 18.0 Å². The topological polar surface area (TPSA) is 133 Å². The van der Waals surface area contributed by atoms with Gasteiger partial charge in [0.1, 0.15) is 6.04 Å². The number of halogens is 2. The number of rotatable bonds is 6. The van der Waals surface area contributed by atoms with Crippen LogP contribution < -0.4 is 16.4 Å². The number of amides is 3. The summed E-state index contributed by atoms with van der Waals surface area (Å²) in [4.78, 5) is 40.6. The largest absolute Gasteiger partial charge is 0.397 e. The molecular formula is C35H45Br2N9O2. The maximum atomic E-state index is 14.3. The van der Waals surface area contributed by atoms with Gasteiger partial charge < -0.3 is 30.7 Å². The van der Waals surface area contributed by atoms with Crippen molar-refractivity contribution in [1.82, 2.24) is 24.9 Å². The summed E-state index contributed by atoms with van der Waals surface area (Å²) < 4.78 is 1.51. The van der Waals surface area contributed by atoms with Crippen LogP contribution in [0.3, 0.4) is 0 Å². The fraction of sp³-hybridized carbons (Fsp3) is 0.543. The summed E-state index contributed by atoms with van der Waals surface area (Å²) in [7, 11) is 2.19. The molecular weight excluding hydrogens is 738 g/mol. The number of nitriles is 1. The Balaban J connectivity index is 1.17. The Morgan fingerprint density at radius 2 is 1.60 bits per heavy atom. The third-order valence-corrected chi connectivity index (χ3v) is 12.0. The van der Waals surface area contributed by atoms with Gasteiger partial charge in [-0.3, -0.25) is 10.1 Å². The van der Waals surface area contributed by atoms with Gasteiger partial charge in [-0.15, -0.1) is 0 Å². The van der Waals surface area contributed by atoms with E-state index in [9.17, 15) is 14.9 Å². The number of nitrogens with zero attached hydrogens (tertiary/aromatic N) is 6. The highest BCUT2D eigenvalue weighted by atomic mass is 79.9. The summed E-state index contributed by atoms with van der Waals surface area (Å²) in [6, 6.07) is 11.0. The molecule has 4 N–H and O–H groups in total. The molecule has 2 aromatic carbocycles. The Hall–Kier alpha value is -3.34. The average Bonchev–Trinajstić information content (AvgIpc) is 3.10. The predicted octanol–water partition coefficient (Wildman–Crippen LogP) is 5.22. The minimum atomic E-state index is -0.717. The van der Waals surface area contributed by atoms with E-state index in [0.717, 1.165) is 83.5 Å². The van der Waals surface area contributed by atoms with Crippen molar-refractivity contribution < 1.29 is 9.59 Å². The molecule has 0 unspecified atom stereocenters. The number of nitrogens with one attached hydrogen (secondary N) is 2. The summed E-state index contributed by atoms with van der Waals surface area (Å²) >= 11 is 7.11. The molecule has 0 radical (unpaired) electrons. The van der Waals surface area contributed by atoms with Crippen LogP contribution in [-0.4, -0.2) is 95.9 Å². The number of benzene rings is 2. The minimum absolute atomic E-state index is 0.0170. The molecule has 6 rings (SSSR count). The maximum Gasteiger partial charge on any atom is 0.322 e. The first-order chi connectivity index (χ1) is 23.2. The summed E-state index contributed by atoms with van der Waals surface area (Å²) in [6.07, 6.45) is 8.37. The van der Waals surface area contributed by atoms with Crippen LogP contribution in [0, 0.1) is 23.3 Å². The fourth-order valence-corrected chi connectivity index (χ4v) is 9.05. The maximum absolute atomic E-state index is 14.3.